The smallest absolute Gasteiger partial charge is 0.336 e. The molecule has 1 aromatic carbocycles. The van der Waals surface area contributed by atoms with Gasteiger partial charge >= 0.3 is 5.63 Å². The summed E-state index contributed by atoms with van der Waals surface area (Å²) in [6.07, 6.45) is -0.218. The van der Waals surface area contributed by atoms with Gasteiger partial charge in [-0.25, -0.2) is 4.79 Å². The predicted molar refractivity (Wildman–Crippen MR) is 73.8 cm³/mol. The van der Waals surface area contributed by atoms with Gasteiger partial charge in [0.05, 0.1) is 12.5 Å². The molecule has 1 aromatic heterocycles. The van der Waals surface area contributed by atoms with Gasteiger partial charge in [0.15, 0.2) is 17.6 Å². The first-order valence-electron chi connectivity index (χ1n) is 6.20. The van der Waals surface area contributed by atoms with Gasteiger partial charge in [-0.05, 0) is 18.6 Å². The van der Waals surface area contributed by atoms with Crippen molar-refractivity contribution in [2.24, 2.45) is 0 Å². The number of methoxy groups -OCH3 is 1. The number of benzene rings is 1. The van der Waals surface area contributed by atoms with Gasteiger partial charge in [-0.3, -0.25) is 0 Å². The lowest BCUT2D eigenvalue weighted by Crippen LogP contribution is -2.30. The van der Waals surface area contributed by atoms with Crippen LogP contribution < -0.4 is 19.8 Å². The van der Waals surface area contributed by atoms with Crippen molar-refractivity contribution in [2.45, 2.75) is 13.0 Å². The third kappa shape index (κ3) is 1.91. The lowest BCUT2D eigenvalue weighted by atomic mass is 10.1. The minimum atomic E-state index is -0.420. The summed E-state index contributed by atoms with van der Waals surface area (Å²) in [7, 11) is 1.54. The van der Waals surface area contributed by atoms with Crippen LogP contribution in [0.4, 0.5) is 0 Å². The molecule has 0 aliphatic carbocycles. The maximum atomic E-state index is 11.3. The van der Waals surface area contributed by atoms with Crippen LogP contribution in [0.15, 0.2) is 39.6 Å². The van der Waals surface area contributed by atoms with Crippen LogP contribution in [-0.4, -0.2) is 19.8 Å². The summed E-state index contributed by atoms with van der Waals surface area (Å²) in [4.78, 5) is 11.3. The summed E-state index contributed by atoms with van der Waals surface area (Å²) in [5.41, 5.74) is 0.860. The van der Waals surface area contributed by atoms with E-state index in [2.05, 4.69) is 6.58 Å². The maximum Gasteiger partial charge on any atom is 0.336 e. The second kappa shape index (κ2) is 4.59. The molecule has 0 saturated heterocycles. The largest absolute Gasteiger partial charge is 0.492 e. The standard InChI is InChI=1S/C15H14O5/c1-8(2)12-7-18-11-6-10-9(4-5-13(16)19-10)14(17-3)15(11)20-12/h4-6,12H,1,7H2,2-3H3. The van der Waals surface area contributed by atoms with Crippen molar-refractivity contribution in [1.29, 1.82) is 0 Å². The summed E-state index contributed by atoms with van der Waals surface area (Å²) in [6, 6.07) is 4.63. The fourth-order valence-electron chi connectivity index (χ4n) is 2.15. The Hall–Kier alpha value is -2.43. The van der Waals surface area contributed by atoms with Crippen LogP contribution in [0, 0.1) is 0 Å². The van der Waals surface area contributed by atoms with Gasteiger partial charge in [0.1, 0.15) is 12.2 Å². The maximum absolute atomic E-state index is 11.3. The normalized spacial score (nSPS) is 17.0. The number of fused-ring (bicyclic) bond motifs is 2. The fraction of sp³-hybridized carbons (Fsp3) is 0.267. The first kappa shape index (κ1) is 12.6. The Morgan fingerprint density at radius 1 is 1.45 bits per heavy atom. The summed E-state index contributed by atoms with van der Waals surface area (Å²) in [6.45, 7) is 6.13. The van der Waals surface area contributed by atoms with Gasteiger partial charge in [-0.1, -0.05) is 6.58 Å². The quantitative estimate of drug-likeness (QED) is 0.622. The molecule has 20 heavy (non-hydrogen) atoms. The molecule has 1 aliphatic heterocycles. The predicted octanol–water partition coefficient (Wildman–Crippen LogP) is 2.52. The highest BCUT2D eigenvalue weighted by atomic mass is 16.6. The van der Waals surface area contributed by atoms with Crippen LogP contribution >= 0.6 is 0 Å². The Morgan fingerprint density at radius 2 is 2.25 bits per heavy atom. The van der Waals surface area contributed by atoms with Gasteiger partial charge in [0.25, 0.3) is 0 Å². The molecule has 0 amide bonds. The number of hydrogen-bond acceptors (Lipinski definition) is 5. The Balaban J connectivity index is 2.23. The summed E-state index contributed by atoms with van der Waals surface area (Å²) in [5.74, 6) is 1.50. The molecule has 3 rings (SSSR count). The van der Waals surface area contributed by atoms with Crippen molar-refractivity contribution >= 4 is 11.0 Å². The highest BCUT2D eigenvalue weighted by molar-refractivity contribution is 5.89. The minimum Gasteiger partial charge on any atom is -0.492 e. The van der Waals surface area contributed by atoms with Gasteiger partial charge in [-0.15, -0.1) is 0 Å². The van der Waals surface area contributed by atoms with Gasteiger partial charge in [-0.2, -0.15) is 0 Å². The van der Waals surface area contributed by atoms with Crippen molar-refractivity contribution < 1.29 is 18.6 Å². The van der Waals surface area contributed by atoms with Crippen LogP contribution in [-0.2, 0) is 0 Å². The fourth-order valence-corrected chi connectivity index (χ4v) is 2.15. The molecule has 1 atom stereocenters. The van der Waals surface area contributed by atoms with E-state index in [-0.39, 0.29) is 6.10 Å². The molecule has 0 saturated carbocycles. The molecule has 0 radical (unpaired) electrons. The Labute approximate surface area is 115 Å². The van der Waals surface area contributed by atoms with Crippen molar-refractivity contribution in [3.05, 3.63) is 40.8 Å². The lowest BCUT2D eigenvalue weighted by molar-refractivity contribution is 0.111. The first-order chi connectivity index (χ1) is 9.60. The Morgan fingerprint density at radius 3 is 2.95 bits per heavy atom. The van der Waals surface area contributed by atoms with Gasteiger partial charge in [0.2, 0.25) is 5.75 Å². The Bertz CT molecular complexity index is 744. The summed E-state index contributed by atoms with van der Waals surface area (Å²) in [5, 5.41) is 0.664. The molecule has 2 aromatic rings. The SMILES string of the molecule is C=C(C)C1COc2cc3oc(=O)ccc3c(OC)c2O1. The van der Waals surface area contributed by atoms with Crippen LogP contribution in [0.3, 0.4) is 0 Å². The molecule has 0 fully saturated rings. The van der Waals surface area contributed by atoms with Crippen LogP contribution in [0.25, 0.3) is 11.0 Å². The molecule has 5 nitrogen and oxygen atoms in total. The third-order valence-electron chi connectivity index (χ3n) is 3.20. The monoisotopic (exact) mass is 274 g/mol. The average molecular weight is 274 g/mol. The molecule has 104 valence electrons. The van der Waals surface area contributed by atoms with Crippen molar-refractivity contribution in [3.8, 4) is 17.2 Å². The van der Waals surface area contributed by atoms with Crippen molar-refractivity contribution in [3.63, 3.8) is 0 Å². The van der Waals surface area contributed by atoms with Crippen LogP contribution in [0.5, 0.6) is 17.2 Å². The second-order valence-electron chi connectivity index (χ2n) is 4.67. The van der Waals surface area contributed by atoms with E-state index >= 15 is 0 Å². The van der Waals surface area contributed by atoms with E-state index in [0.29, 0.717) is 34.8 Å². The van der Waals surface area contributed by atoms with Crippen molar-refractivity contribution in [2.75, 3.05) is 13.7 Å². The summed E-state index contributed by atoms with van der Waals surface area (Å²) >= 11 is 0. The van der Waals surface area contributed by atoms with Crippen LogP contribution in [0.2, 0.25) is 0 Å². The third-order valence-corrected chi connectivity index (χ3v) is 3.20. The first-order valence-corrected chi connectivity index (χ1v) is 6.20. The van der Waals surface area contributed by atoms with Crippen LogP contribution in [0.1, 0.15) is 6.92 Å². The zero-order valence-corrected chi connectivity index (χ0v) is 11.3. The van der Waals surface area contributed by atoms with E-state index in [9.17, 15) is 4.79 Å². The second-order valence-corrected chi connectivity index (χ2v) is 4.67. The average Bonchev–Trinajstić information content (AvgIpc) is 2.43. The number of rotatable bonds is 2. The van der Waals surface area contributed by atoms with Gasteiger partial charge in [0, 0.05) is 12.1 Å². The minimum absolute atomic E-state index is 0.218. The molecule has 1 unspecified atom stereocenters. The summed E-state index contributed by atoms with van der Waals surface area (Å²) < 4.78 is 22.1. The van der Waals surface area contributed by atoms with E-state index in [1.165, 1.54) is 13.2 Å². The van der Waals surface area contributed by atoms with Gasteiger partial charge < -0.3 is 18.6 Å². The van der Waals surface area contributed by atoms with E-state index in [0.717, 1.165) is 5.57 Å². The van der Waals surface area contributed by atoms with E-state index in [1.54, 1.807) is 12.1 Å². The molecular weight excluding hydrogens is 260 g/mol. The molecule has 2 heterocycles. The topological polar surface area (TPSA) is 57.9 Å². The van der Waals surface area contributed by atoms with Crippen molar-refractivity contribution in [1.82, 2.24) is 0 Å². The molecule has 0 spiro atoms. The van der Waals surface area contributed by atoms with E-state index < -0.39 is 5.63 Å². The molecule has 0 N–H and O–H groups in total. The molecular formula is C15H14O5. The zero-order valence-electron chi connectivity index (χ0n) is 11.3. The Kier molecular flexibility index (Phi) is 2.89. The molecule has 5 heteroatoms. The molecule has 0 bridgehead atoms. The van der Waals surface area contributed by atoms with E-state index in [1.807, 2.05) is 6.92 Å². The van der Waals surface area contributed by atoms with E-state index in [4.69, 9.17) is 18.6 Å². The molecule has 1 aliphatic rings. The highest BCUT2D eigenvalue weighted by Gasteiger charge is 2.27. The lowest BCUT2D eigenvalue weighted by Gasteiger charge is -2.28. The zero-order chi connectivity index (χ0) is 14.3. The number of hydrogen-bond donors (Lipinski definition) is 0. The number of ether oxygens (including phenoxy) is 3. The highest BCUT2D eigenvalue weighted by Crippen LogP contribution is 2.45.